The molecule has 1 fully saturated rings. The normalized spacial score (nSPS) is 15.9. The number of nitrogens with zero attached hydrogens (tertiary/aromatic N) is 3. The molecule has 1 saturated carbocycles. The molecule has 0 amide bonds. The second-order valence-corrected chi connectivity index (χ2v) is 9.06. The van der Waals surface area contributed by atoms with E-state index in [2.05, 4.69) is 4.98 Å². The van der Waals surface area contributed by atoms with Crippen LogP contribution in [0, 0.1) is 5.92 Å². The monoisotopic (exact) mass is 467 g/mol. The average molecular weight is 468 g/mol. The van der Waals surface area contributed by atoms with Crippen LogP contribution in [0.3, 0.4) is 0 Å². The highest BCUT2D eigenvalue weighted by atomic mass is 35.5. The second kappa shape index (κ2) is 7.94. The third kappa shape index (κ3) is 3.96. The third-order valence-electron chi connectivity index (χ3n) is 5.55. The summed E-state index contributed by atoms with van der Waals surface area (Å²) in [6.07, 6.45) is 1.48. The number of carboxylic acids is 1. The zero-order chi connectivity index (χ0) is 22.5. The van der Waals surface area contributed by atoms with Gasteiger partial charge in [-0.15, -0.1) is 11.8 Å². The van der Waals surface area contributed by atoms with Crippen LogP contribution in [0.2, 0.25) is 5.02 Å². The first kappa shape index (κ1) is 21.8. The third-order valence-corrected chi connectivity index (χ3v) is 6.80. The quantitative estimate of drug-likeness (QED) is 0.425. The first-order valence-electron chi connectivity index (χ1n) is 9.62. The molecule has 3 aromatic rings. The number of fused-ring (bicyclic) bond motifs is 2. The molecule has 31 heavy (non-hydrogen) atoms. The van der Waals surface area contributed by atoms with Gasteiger partial charge in [-0.1, -0.05) is 11.6 Å². The topological polar surface area (TPSA) is 75.4 Å². The predicted molar refractivity (Wildman–Crippen MR) is 119 cm³/mol. The highest BCUT2D eigenvalue weighted by molar-refractivity contribution is 7.99. The van der Waals surface area contributed by atoms with E-state index < -0.39 is 18.4 Å². The molecule has 10 heteroatoms. The number of benzene rings is 1. The zero-order valence-corrected chi connectivity index (χ0v) is 18.4. The smallest absolute Gasteiger partial charge is 0.323 e. The highest BCUT2D eigenvalue weighted by Crippen LogP contribution is 2.43. The fourth-order valence-electron chi connectivity index (χ4n) is 4.16. The number of hydrogen-bond acceptors (Lipinski definition) is 5. The van der Waals surface area contributed by atoms with Gasteiger partial charge in [0.1, 0.15) is 18.0 Å². The summed E-state index contributed by atoms with van der Waals surface area (Å²) in [4.78, 5) is 31.7. The van der Waals surface area contributed by atoms with E-state index >= 15 is 0 Å². The van der Waals surface area contributed by atoms with E-state index in [0.717, 1.165) is 0 Å². The van der Waals surface area contributed by atoms with Gasteiger partial charge in [-0.05, 0) is 36.4 Å². The highest BCUT2D eigenvalue weighted by Gasteiger charge is 2.45. The van der Waals surface area contributed by atoms with Gasteiger partial charge in [0.05, 0.1) is 20.8 Å². The van der Waals surface area contributed by atoms with Crippen molar-refractivity contribution in [1.29, 1.82) is 0 Å². The lowest BCUT2D eigenvalue weighted by Gasteiger charge is -2.37. The van der Waals surface area contributed by atoms with Crippen molar-refractivity contribution in [2.45, 2.75) is 30.2 Å². The molecular formula is C21H20ClF2N3O3S. The Morgan fingerprint density at radius 3 is 2.61 bits per heavy atom. The lowest BCUT2D eigenvalue weighted by molar-refractivity contribution is -0.137. The van der Waals surface area contributed by atoms with E-state index in [1.54, 1.807) is 42.5 Å². The lowest BCUT2D eigenvalue weighted by atomic mass is 9.81. The second-order valence-electron chi connectivity index (χ2n) is 7.84. The van der Waals surface area contributed by atoms with Gasteiger partial charge in [-0.3, -0.25) is 9.59 Å². The molecule has 164 valence electrons. The molecule has 1 aliphatic carbocycles. The van der Waals surface area contributed by atoms with Crippen LogP contribution in [0.15, 0.2) is 34.0 Å². The largest absolute Gasteiger partial charge is 0.480 e. The molecule has 0 unspecified atom stereocenters. The van der Waals surface area contributed by atoms with Gasteiger partial charge in [0.25, 0.3) is 0 Å². The molecule has 4 rings (SSSR count). The Kier molecular flexibility index (Phi) is 5.59. The van der Waals surface area contributed by atoms with Crippen molar-refractivity contribution in [3.8, 4) is 0 Å². The molecule has 0 aliphatic heterocycles. The summed E-state index contributed by atoms with van der Waals surface area (Å²) in [7, 11) is 1.75. The maximum Gasteiger partial charge on any atom is 0.323 e. The summed E-state index contributed by atoms with van der Waals surface area (Å²) in [6, 6.07) is 6.48. The Labute approximate surface area is 185 Å². The Balaban J connectivity index is 1.90. The molecule has 0 atom stereocenters. The van der Waals surface area contributed by atoms with E-state index in [1.807, 2.05) is 0 Å². The van der Waals surface area contributed by atoms with Gasteiger partial charge in [0.15, 0.2) is 5.43 Å². The molecule has 1 aliphatic rings. The van der Waals surface area contributed by atoms with Crippen LogP contribution in [0.5, 0.6) is 0 Å². The summed E-state index contributed by atoms with van der Waals surface area (Å²) < 4.78 is 27.8. The summed E-state index contributed by atoms with van der Waals surface area (Å²) in [5, 5.41) is 10.6. The number of thioether (sulfide) groups is 1. The standard InChI is InChI=1S/C21H20ClF2N3O3S/c1-26(9-11-7-21(23,24)8-11)15-6-4-13-18(30)12-3-5-14(22)19(31-2)17(12)27(10-16(28)29)20(13)25-15/h3-6,11H,7-10H2,1-2H3,(H,28,29). The minimum atomic E-state index is -2.60. The van der Waals surface area contributed by atoms with Crippen molar-refractivity contribution < 1.29 is 18.7 Å². The number of pyridine rings is 2. The van der Waals surface area contributed by atoms with Crippen LogP contribution in [0.4, 0.5) is 14.6 Å². The molecule has 1 aromatic carbocycles. The van der Waals surface area contributed by atoms with Gasteiger partial charge in [-0.2, -0.15) is 0 Å². The zero-order valence-electron chi connectivity index (χ0n) is 16.9. The summed E-state index contributed by atoms with van der Waals surface area (Å²) >= 11 is 7.65. The first-order chi connectivity index (χ1) is 14.6. The van der Waals surface area contributed by atoms with E-state index in [4.69, 9.17) is 11.6 Å². The number of hydrogen-bond donors (Lipinski definition) is 1. The maximum absolute atomic E-state index is 13.2. The Morgan fingerprint density at radius 1 is 1.32 bits per heavy atom. The van der Waals surface area contributed by atoms with Crippen molar-refractivity contribution in [3.63, 3.8) is 0 Å². The number of carbonyl (C=O) groups is 1. The van der Waals surface area contributed by atoms with Crippen molar-refractivity contribution in [3.05, 3.63) is 39.5 Å². The SMILES string of the molecule is CSc1c(Cl)ccc2c(=O)c3ccc(N(C)CC4CC(F)(F)C4)nc3n(CC(=O)O)c12. The van der Waals surface area contributed by atoms with E-state index in [0.29, 0.717) is 33.2 Å². The Hall–Kier alpha value is -2.39. The summed E-state index contributed by atoms with van der Waals surface area (Å²) in [6.45, 7) is -0.0110. The van der Waals surface area contributed by atoms with Gasteiger partial charge < -0.3 is 14.6 Å². The van der Waals surface area contributed by atoms with Gasteiger partial charge >= 0.3 is 5.97 Å². The molecule has 1 N–H and O–H groups in total. The molecule has 0 saturated heterocycles. The molecule has 0 radical (unpaired) electrons. The molecule has 2 heterocycles. The average Bonchev–Trinajstić information content (AvgIpc) is 2.68. The van der Waals surface area contributed by atoms with Crippen molar-refractivity contribution >= 4 is 57.1 Å². The van der Waals surface area contributed by atoms with Crippen LogP contribution in [0.1, 0.15) is 12.8 Å². The maximum atomic E-state index is 13.2. The fourth-order valence-corrected chi connectivity index (χ4v) is 5.22. The van der Waals surface area contributed by atoms with Gasteiger partial charge in [-0.25, -0.2) is 13.8 Å². The number of aromatic nitrogens is 2. The Morgan fingerprint density at radius 2 is 2.00 bits per heavy atom. The molecular weight excluding hydrogens is 448 g/mol. The van der Waals surface area contributed by atoms with Crippen molar-refractivity contribution in [2.75, 3.05) is 24.7 Å². The summed E-state index contributed by atoms with van der Waals surface area (Å²) in [5.74, 6) is -3.35. The van der Waals surface area contributed by atoms with Gasteiger partial charge in [0.2, 0.25) is 5.92 Å². The lowest BCUT2D eigenvalue weighted by Crippen LogP contribution is -2.41. The fraction of sp³-hybridized carbons (Fsp3) is 0.381. The van der Waals surface area contributed by atoms with E-state index in [1.165, 1.54) is 16.3 Å². The van der Waals surface area contributed by atoms with Gasteiger partial charge in [0, 0.05) is 31.8 Å². The number of alkyl halides is 2. The van der Waals surface area contributed by atoms with Crippen LogP contribution in [0.25, 0.3) is 21.9 Å². The molecule has 2 aromatic heterocycles. The predicted octanol–water partition coefficient (Wildman–Crippen LogP) is 4.49. The number of anilines is 1. The number of carboxylic acid groups (broad SMARTS) is 1. The van der Waals surface area contributed by atoms with Crippen LogP contribution < -0.4 is 10.3 Å². The minimum Gasteiger partial charge on any atom is -0.480 e. The van der Waals surface area contributed by atoms with Crippen molar-refractivity contribution in [1.82, 2.24) is 9.55 Å². The molecule has 6 nitrogen and oxygen atoms in total. The van der Waals surface area contributed by atoms with E-state index in [9.17, 15) is 23.5 Å². The number of rotatable bonds is 6. The minimum absolute atomic E-state index is 0.141. The van der Waals surface area contributed by atoms with Crippen molar-refractivity contribution in [2.24, 2.45) is 5.92 Å². The van der Waals surface area contributed by atoms with E-state index in [-0.39, 0.29) is 35.2 Å². The Bertz CT molecular complexity index is 1260. The summed E-state index contributed by atoms with van der Waals surface area (Å²) in [5.41, 5.74) is 0.380. The van der Waals surface area contributed by atoms with Crippen LogP contribution in [-0.4, -0.2) is 46.4 Å². The number of halogens is 3. The first-order valence-corrected chi connectivity index (χ1v) is 11.2. The number of aliphatic carboxylic acids is 1. The van der Waals surface area contributed by atoms with Crippen LogP contribution in [-0.2, 0) is 11.3 Å². The van der Waals surface area contributed by atoms with Crippen LogP contribution >= 0.6 is 23.4 Å². The molecule has 0 spiro atoms. The molecule has 0 bridgehead atoms.